The van der Waals surface area contributed by atoms with E-state index in [1.54, 1.807) is 22.0 Å². The SMILES string of the molecule is CC1(C)[C@@H](NC(=O)Nc2cnn(CC(=O)N3CCOCC3)c2)[C@@H]1c1ccccc1. The van der Waals surface area contributed by atoms with Gasteiger partial charge in [0, 0.05) is 31.2 Å². The predicted octanol–water partition coefficient (Wildman–Crippen LogP) is 2.06. The zero-order valence-electron chi connectivity index (χ0n) is 16.8. The molecule has 1 saturated carbocycles. The van der Waals surface area contributed by atoms with Crippen molar-refractivity contribution in [3.8, 4) is 0 Å². The number of ether oxygens (including phenoxy) is 1. The summed E-state index contributed by atoms with van der Waals surface area (Å²) >= 11 is 0. The Hall–Kier alpha value is -2.87. The fraction of sp³-hybridized carbons (Fsp3) is 0.476. The Morgan fingerprint density at radius 1 is 1.21 bits per heavy atom. The maximum Gasteiger partial charge on any atom is 0.319 e. The molecule has 0 unspecified atom stereocenters. The number of carbonyl (C=O) groups excluding carboxylic acids is 2. The van der Waals surface area contributed by atoms with Crippen LogP contribution in [0.3, 0.4) is 0 Å². The van der Waals surface area contributed by atoms with Crippen molar-refractivity contribution in [1.29, 1.82) is 0 Å². The molecule has 0 radical (unpaired) electrons. The largest absolute Gasteiger partial charge is 0.378 e. The van der Waals surface area contributed by atoms with Crippen molar-refractivity contribution >= 4 is 17.6 Å². The first-order valence-electron chi connectivity index (χ1n) is 9.95. The third-order valence-electron chi connectivity index (χ3n) is 5.82. The number of morpholine rings is 1. The highest BCUT2D eigenvalue weighted by Gasteiger charge is 2.59. The molecule has 2 aliphatic rings. The number of anilines is 1. The fourth-order valence-corrected chi connectivity index (χ4v) is 4.06. The molecule has 3 amide bonds. The van der Waals surface area contributed by atoms with Crippen LogP contribution in [-0.4, -0.2) is 59.0 Å². The van der Waals surface area contributed by atoms with Crippen LogP contribution in [0.2, 0.25) is 0 Å². The standard InChI is InChI=1S/C21H27N5O3/c1-21(2)18(15-6-4-3-5-7-15)19(21)24-20(28)23-16-12-22-26(13-16)14-17(27)25-8-10-29-11-9-25/h3-7,12-13,18-19H,8-11,14H2,1-2H3,(H2,23,24,28)/t18-,19-/m0/s1. The molecule has 1 aromatic heterocycles. The number of benzene rings is 1. The minimum atomic E-state index is -0.263. The summed E-state index contributed by atoms with van der Waals surface area (Å²) in [5.74, 6) is 0.293. The van der Waals surface area contributed by atoms with E-state index in [-0.39, 0.29) is 29.9 Å². The number of rotatable bonds is 5. The van der Waals surface area contributed by atoms with E-state index < -0.39 is 0 Å². The van der Waals surface area contributed by atoms with Gasteiger partial charge in [-0.05, 0) is 11.0 Å². The smallest absolute Gasteiger partial charge is 0.319 e. The quantitative estimate of drug-likeness (QED) is 0.808. The molecule has 2 fully saturated rings. The highest BCUT2D eigenvalue weighted by Crippen LogP contribution is 2.58. The third-order valence-corrected chi connectivity index (χ3v) is 5.82. The highest BCUT2D eigenvalue weighted by atomic mass is 16.5. The van der Waals surface area contributed by atoms with Crippen molar-refractivity contribution in [1.82, 2.24) is 20.0 Å². The molecule has 1 saturated heterocycles. The zero-order chi connectivity index (χ0) is 20.4. The minimum Gasteiger partial charge on any atom is -0.378 e. The van der Waals surface area contributed by atoms with Crippen LogP contribution in [0.15, 0.2) is 42.7 Å². The Morgan fingerprint density at radius 2 is 1.93 bits per heavy atom. The number of amides is 3. The first kappa shape index (κ1) is 19.4. The molecule has 2 aromatic rings. The first-order chi connectivity index (χ1) is 13.9. The second kappa shape index (κ2) is 7.87. The Balaban J connectivity index is 1.30. The van der Waals surface area contributed by atoms with Crippen LogP contribution in [-0.2, 0) is 16.1 Å². The summed E-state index contributed by atoms with van der Waals surface area (Å²) in [4.78, 5) is 26.5. The van der Waals surface area contributed by atoms with Crippen LogP contribution >= 0.6 is 0 Å². The second-order valence-corrected chi connectivity index (χ2v) is 8.21. The van der Waals surface area contributed by atoms with Crippen molar-refractivity contribution in [2.45, 2.75) is 32.4 Å². The van der Waals surface area contributed by atoms with Gasteiger partial charge in [-0.25, -0.2) is 4.79 Å². The van der Waals surface area contributed by atoms with Gasteiger partial charge in [0.15, 0.2) is 0 Å². The van der Waals surface area contributed by atoms with Crippen molar-refractivity contribution in [3.63, 3.8) is 0 Å². The van der Waals surface area contributed by atoms with Crippen LogP contribution in [0.4, 0.5) is 10.5 Å². The molecule has 2 N–H and O–H groups in total. The minimum absolute atomic E-state index is 0.00201. The van der Waals surface area contributed by atoms with Gasteiger partial charge < -0.3 is 20.3 Å². The summed E-state index contributed by atoms with van der Waals surface area (Å²) in [5, 5.41) is 10.1. The molecular formula is C21H27N5O3. The average Bonchev–Trinajstić information content (AvgIpc) is 3.01. The molecule has 154 valence electrons. The number of hydrogen-bond donors (Lipinski definition) is 2. The summed E-state index contributed by atoms with van der Waals surface area (Å²) < 4.78 is 6.81. The Kier molecular flexibility index (Phi) is 5.27. The molecular weight excluding hydrogens is 370 g/mol. The van der Waals surface area contributed by atoms with Gasteiger partial charge in [-0.15, -0.1) is 0 Å². The van der Waals surface area contributed by atoms with Crippen LogP contribution < -0.4 is 10.6 Å². The lowest BCUT2D eigenvalue weighted by atomic mass is 10.0. The number of nitrogens with one attached hydrogen (secondary N) is 2. The molecule has 0 bridgehead atoms. The maximum atomic E-state index is 12.5. The molecule has 29 heavy (non-hydrogen) atoms. The van der Waals surface area contributed by atoms with E-state index in [2.05, 4.69) is 41.7 Å². The zero-order valence-corrected chi connectivity index (χ0v) is 16.8. The second-order valence-electron chi connectivity index (χ2n) is 8.21. The highest BCUT2D eigenvalue weighted by molar-refractivity contribution is 5.89. The number of nitrogens with zero attached hydrogens (tertiary/aromatic N) is 3. The number of urea groups is 1. The lowest BCUT2D eigenvalue weighted by Gasteiger charge is -2.26. The topological polar surface area (TPSA) is 88.5 Å². The summed E-state index contributed by atoms with van der Waals surface area (Å²) in [5.41, 5.74) is 1.80. The van der Waals surface area contributed by atoms with Crippen LogP contribution in [0.1, 0.15) is 25.3 Å². The van der Waals surface area contributed by atoms with Crippen molar-refractivity contribution in [3.05, 3.63) is 48.3 Å². The van der Waals surface area contributed by atoms with Crippen molar-refractivity contribution < 1.29 is 14.3 Å². The summed E-state index contributed by atoms with van der Waals surface area (Å²) in [6.07, 6.45) is 3.23. The Bertz CT molecular complexity index is 873. The van der Waals surface area contributed by atoms with E-state index in [1.807, 2.05) is 18.2 Å². The molecule has 1 aromatic carbocycles. The molecule has 2 heterocycles. The fourth-order valence-electron chi connectivity index (χ4n) is 4.06. The van der Waals surface area contributed by atoms with Crippen LogP contribution in [0.5, 0.6) is 0 Å². The molecule has 8 nitrogen and oxygen atoms in total. The third kappa shape index (κ3) is 4.27. The van der Waals surface area contributed by atoms with Gasteiger partial charge in [0.2, 0.25) is 5.91 Å². The van der Waals surface area contributed by atoms with Gasteiger partial charge >= 0.3 is 6.03 Å². The van der Waals surface area contributed by atoms with Gasteiger partial charge in [-0.2, -0.15) is 5.10 Å². The first-order valence-corrected chi connectivity index (χ1v) is 9.95. The lowest BCUT2D eigenvalue weighted by Crippen LogP contribution is -2.42. The Morgan fingerprint density at radius 3 is 2.66 bits per heavy atom. The van der Waals surface area contributed by atoms with E-state index in [4.69, 9.17) is 4.74 Å². The Labute approximate surface area is 170 Å². The molecule has 2 atom stereocenters. The summed E-state index contributed by atoms with van der Waals surface area (Å²) in [7, 11) is 0. The van der Waals surface area contributed by atoms with Crippen molar-refractivity contribution in [2.75, 3.05) is 31.6 Å². The normalized spacial score (nSPS) is 22.8. The molecule has 1 aliphatic heterocycles. The van der Waals surface area contributed by atoms with Gasteiger partial charge in [0.05, 0.1) is 25.1 Å². The van der Waals surface area contributed by atoms with E-state index in [0.717, 1.165) is 0 Å². The van der Waals surface area contributed by atoms with Crippen LogP contribution in [0.25, 0.3) is 0 Å². The van der Waals surface area contributed by atoms with Gasteiger partial charge in [-0.3, -0.25) is 9.48 Å². The van der Waals surface area contributed by atoms with Crippen molar-refractivity contribution in [2.24, 2.45) is 5.41 Å². The predicted molar refractivity (Wildman–Crippen MR) is 109 cm³/mol. The van der Waals surface area contributed by atoms with Gasteiger partial charge in [0.25, 0.3) is 0 Å². The molecule has 1 aliphatic carbocycles. The number of aromatic nitrogens is 2. The number of hydrogen-bond acceptors (Lipinski definition) is 4. The van der Waals surface area contributed by atoms with E-state index in [9.17, 15) is 9.59 Å². The van der Waals surface area contributed by atoms with E-state index in [0.29, 0.717) is 37.9 Å². The monoisotopic (exact) mass is 397 g/mol. The summed E-state index contributed by atoms with van der Waals surface area (Å²) in [6.45, 7) is 6.81. The van der Waals surface area contributed by atoms with E-state index >= 15 is 0 Å². The van der Waals surface area contributed by atoms with E-state index in [1.165, 1.54) is 5.56 Å². The molecule has 4 rings (SSSR count). The lowest BCUT2D eigenvalue weighted by molar-refractivity contribution is -0.136. The van der Waals surface area contributed by atoms with Gasteiger partial charge in [-0.1, -0.05) is 44.2 Å². The van der Waals surface area contributed by atoms with Gasteiger partial charge in [0.1, 0.15) is 6.54 Å². The molecule has 0 spiro atoms. The number of carbonyl (C=O) groups is 2. The molecule has 8 heteroatoms. The van der Waals surface area contributed by atoms with Crippen LogP contribution in [0, 0.1) is 5.41 Å². The maximum absolute atomic E-state index is 12.5. The average molecular weight is 397 g/mol. The summed E-state index contributed by atoms with van der Waals surface area (Å²) in [6, 6.07) is 10.0.